The molecule has 2 aromatic carbocycles. The molecule has 1 aliphatic rings. The van der Waals surface area contributed by atoms with Crippen molar-refractivity contribution >= 4 is 23.6 Å². The van der Waals surface area contributed by atoms with E-state index in [4.69, 9.17) is 15.2 Å². The monoisotopic (exact) mass is 440 g/mol. The Morgan fingerprint density at radius 2 is 1.72 bits per heavy atom. The van der Waals surface area contributed by atoms with E-state index < -0.39 is 12.2 Å². The van der Waals surface area contributed by atoms with E-state index in [9.17, 15) is 9.59 Å². The first-order valence-electron chi connectivity index (χ1n) is 11.0. The third kappa shape index (κ3) is 7.77. The van der Waals surface area contributed by atoms with Gasteiger partial charge in [-0.3, -0.25) is 5.32 Å². The number of likely N-dealkylation sites (tertiary alicyclic amines) is 1. The van der Waals surface area contributed by atoms with Crippen LogP contribution in [0.4, 0.5) is 21.0 Å². The fraction of sp³-hybridized carbons (Fsp3) is 0.417. The molecule has 1 heterocycles. The van der Waals surface area contributed by atoms with E-state index >= 15 is 0 Å². The van der Waals surface area contributed by atoms with Gasteiger partial charge < -0.3 is 25.4 Å². The van der Waals surface area contributed by atoms with Crippen molar-refractivity contribution in [1.82, 2.24) is 10.2 Å². The molecule has 0 radical (unpaired) electrons. The quantitative estimate of drug-likeness (QED) is 0.539. The van der Waals surface area contributed by atoms with Crippen LogP contribution in [0.3, 0.4) is 0 Å². The first-order valence-corrected chi connectivity index (χ1v) is 11.0. The van der Waals surface area contributed by atoms with Crippen molar-refractivity contribution in [3.8, 4) is 0 Å². The van der Waals surface area contributed by atoms with Gasteiger partial charge in [0, 0.05) is 12.6 Å². The minimum atomic E-state index is -0.489. The van der Waals surface area contributed by atoms with Gasteiger partial charge in [-0.15, -0.1) is 0 Å². The van der Waals surface area contributed by atoms with Gasteiger partial charge in [-0.2, -0.15) is 0 Å². The molecule has 172 valence electrons. The summed E-state index contributed by atoms with van der Waals surface area (Å²) < 4.78 is 10.7. The number of ether oxygens (including phenoxy) is 2. The summed E-state index contributed by atoms with van der Waals surface area (Å²) in [4.78, 5) is 26.3. The molecule has 1 aliphatic heterocycles. The number of amides is 2. The molecule has 1 unspecified atom stereocenters. The maximum Gasteiger partial charge on any atom is 0.411 e. The van der Waals surface area contributed by atoms with E-state index in [-0.39, 0.29) is 12.6 Å². The van der Waals surface area contributed by atoms with Crippen LogP contribution in [0, 0.1) is 5.92 Å². The molecule has 3 rings (SSSR count). The highest BCUT2D eigenvalue weighted by Gasteiger charge is 2.22. The van der Waals surface area contributed by atoms with Crippen LogP contribution in [0.5, 0.6) is 0 Å². The van der Waals surface area contributed by atoms with Crippen molar-refractivity contribution in [3.63, 3.8) is 0 Å². The molecule has 0 bridgehead atoms. The minimum Gasteiger partial charge on any atom is -0.449 e. The number of para-hydroxylation sites is 2. The van der Waals surface area contributed by atoms with Crippen LogP contribution in [0.2, 0.25) is 0 Å². The minimum absolute atomic E-state index is 0.0202. The highest BCUT2D eigenvalue weighted by Crippen LogP contribution is 2.19. The highest BCUT2D eigenvalue weighted by molar-refractivity contribution is 5.88. The Morgan fingerprint density at radius 3 is 2.44 bits per heavy atom. The number of rotatable bonds is 8. The van der Waals surface area contributed by atoms with Gasteiger partial charge in [0.15, 0.2) is 0 Å². The summed E-state index contributed by atoms with van der Waals surface area (Å²) in [6.45, 7) is 5.15. The van der Waals surface area contributed by atoms with E-state index in [0.717, 1.165) is 38.0 Å². The third-order valence-corrected chi connectivity index (χ3v) is 5.46. The number of hydrogen-bond acceptors (Lipinski definition) is 6. The van der Waals surface area contributed by atoms with Gasteiger partial charge in [0.2, 0.25) is 0 Å². The first-order chi connectivity index (χ1) is 15.5. The number of nitrogen functional groups attached to an aromatic ring is 1. The van der Waals surface area contributed by atoms with Crippen molar-refractivity contribution in [3.05, 3.63) is 60.2 Å². The lowest BCUT2D eigenvalue weighted by Crippen LogP contribution is -2.45. The number of nitrogens with zero attached hydrogens (tertiary/aromatic N) is 1. The molecule has 8 heteroatoms. The lowest BCUT2D eigenvalue weighted by atomic mass is 9.97. The standard InChI is InChI=1S/C24H32N4O4/c1-18(26-23(29)31-16-19-7-3-2-4-8-19)15-28-13-11-20(12-14-28)17-32-24(30)27-22-10-6-5-9-21(22)25/h2-10,18,20H,11-17,25H2,1H3,(H,26,29)(H,27,30). The molecule has 0 saturated carbocycles. The molecule has 2 aromatic rings. The molecule has 1 atom stereocenters. The maximum atomic E-state index is 12.0. The third-order valence-electron chi connectivity index (χ3n) is 5.46. The van der Waals surface area contributed by atoms with Crippen LogP contribution in [0.15, 0.2) is 54.6 Å². The molecular weight excluding hydrogens is 408 g/mol. The Morgan fingerprint density at radius 1 is 1.03 bits per heavy atom. The van der Waals surface area contributed by atoms with E-state index in [1.807, 2.05) is 43.3 Å². The van der Waals surface area contributed by atoms with Crippen LogP contribution < -0.4 is 16.4 Å². The Balaban J connectivity index is 1.29. The Labute approximate surface area is 189 Å². The van der Waals surface area contributed by atoms with Gasteiger partial charge in [0.05, 0.1) is 18.0 Å². The second-order valence-electron chi connectivity index (χ2n) is 8.16. The fourth-order valence-electron chi connectivity index (χ4n) is 3.69. The molecule has 1 saturated heterocycles. The predicted molar refractivity (Wildman–Crippen MR) is 124 cm³/mol. The number of hydrogen-bond donors (Lipinski definition) is 3. The first kappa shape index (κ1) is 23.4. The van der Waals surface area contributed by atoms with Gasteiger partial charge in [0.1, 0.15) is 6.61 Å². The number of nitrogens with one attached hydrogen (secondary N) is 2. The SMILES string of the molecule is CC(CN1CCC(COC(=O)Nc2ccccc2N)CC1)NC(=O)OCc1ccccc1. The van der Waals surface area contributed by atoms with Gasteiger partial charge in [0.25, 0.3) is 0 Å². The lowest BCUT2D eigenvalue weighted by Gasteiger charge is -2.33. The number of piperidine rings is 1. The number of carbonyl (C=O) groups is 2. The zero-order chi connectivity index (χ0) is 22.8. The highest BCUT2D eigenvalue weighted by atomic mass is 16.6. The Kier molecular flexibility index (Phi) is 8.74. The maximum absolute atomic E-state index is 12.0. The summed E-state index contributed by atoms with van der Waals surface area (Å²) in [5, 5.41) is 5.56. The molecule has 2 amide bonds. The van der Waals surface area contributed by atoms with Crippen molar-refractivity contribution in [2.75, 3.05) is 37.3 Å². The van der Waals surface area contributed by atoms with Crippen molar-refractivity contribution in [2.24, 2.45) is 5.92 Å². The van der Waals surface area contributed by atoms with Gasteiger partial charge in [-0.05, 0) is 56.5 Å². The summed E-state index contributed by atoms with van der Waals surface area (Å²) >= 11 is 0. The normalized spacial score (nSPS) is 15.5. The van der Waals surface area contributed by atoms with E-state index in [1.165, 1.54) is 0 Å². The van der Waals surface area contributed by atoms with Crippen molar-refractivity contribution in [2.45, 2.75) is 32.4 Å². The van der Waals surface area contributed by atoms with Crippen LogP contribution in [0.1, 0.15) is 25.3 Å². The second kappa shape index (κ2) is 12.0. The number of benzene rings is 2. The molecule has 4 N–H and O–H groups in total. The van der Waals surface area contributed by atoms with Crippen LogP contribution >= 0.6 is 0 Å². The fourth-order valence-corrected chi connectivity index (χ4v) is 3.69. The van der Waals surface area contributed by atoms with Gasteiger partial charge in [-0.1, -0.05) is 42.5 Å². The number of anilines is 2. The largest absolute Gasteiger partial charge is 0.449 e. The lowest BCUT2D eigenvalue weighted by molar-refractivity contribution is 0.0995. The van der Waals surface area contributed by atoms with Crippen LogP contribution in [0.25, 0.3) is 0 Å². The number of nitrogens with two attached hydrogens (primary N) is 1. The summed E-state index contributed by atoms with van der Waals surface area (Å²) in [7, 11) is 0. The molecular formula is C24H32N4O4. The topological polar surface area (TPSA) is 106 Å². The summed E-state index contributed by atoms with van der Waals surface area (Å²) in [5.74, 6) is 0.323. The zero-order valence-electron chi connectivity index (χ0n) is 18.5. The molecule has 0 spiro atoms. The summed E-state index contributed by atoms with van der Waals surface area (Å²) in [5.41, 5.74) is 7.84. The average Bonchev–Trinajstić information content (AvgIpc) is 2.79. The van der Waals surface area contributed by atoms with Crippen molar-refractivity contribution in [1.29, 1.82) is 0 Å². The van der Waals surface area contributed by atoms with E-state index in [1.54, 1.807) is 18.2 Å². The smallest absolute Gasteiger partial charge is 0.411 e. The second-order valence-corrected chi connectivity index (χ2v) is 8.16. The van der Waals surface area contributed by atoms with Crippen LogP contribution in [-0.2, 0) is 16.1 Å². The molecule has 32 heavy (non-hydrogen) atoms. The molecule has 8 nitrogen and oxygen atoms in total. The summed E-state index contributed by atoms with van der Waals surface area (Å²) in [6.07, 6.45) is 0.976. The molecule has 1 fully saturated rings. The van der Waals surface area contributed by atoms with Crippen molar-refractivity contribution < 1.29 is 19.1 Å². The number of carbonyl (C=O) groups excluding carboxylic acids is 2. The number of alkyl carbamates (subject to hydrolysis) is 1. The Hall–Kier alpha value is -3.26. The van der Waals surface area contributed by atoms with E-state index in [2.05, 4.69) is 15.5 Å². The van der Waals surface area contributed by atoms with Gasteiger partial charge >= 0.3 is 12.2 Å². The predicted octanol–water partition coefficient (Wildman–Crippen LogP) is 3.84. The van der Waals surface area contributed by atoms with Crippen LogP contribution in [-0.4, -0.2) is 49.4 Å². The van der Waals surface area contributed by atoms with Gasteiger partial charge in [-0.25, -0.2) is 9.59 Å². The average molecular weight is 441 g/mol. The summed E-state index contributed by atoms with van der Waals surface area (Å²) in [6, 6.07) is 16.7. The molecule has 0 aromatic heterocycles. The zero-order valence-corrected chi connectivity index (χ0v) is 18.5. The van der Waals surface area contributed by atoms with E-state index in [0.29, 0.717) is 23.9 Å². The molecule has 0 aliphatic carbocycles. The Bertz CT molecular complexity index is 869.